The van der Waals surface area contributed by atoms with Crippen LogP contribution in [0.1, 0.15) is 30.9 Å². The molecule has 2 heteroatoms. The Morgan fingerprint density at radius 2 is 2.07 bits per heavy atom. The number of rotatable bonds is 5. The van der Waals surface area contributed by atoms with Crippen molar-refractivity contribution in [1.29, 1.82) is 0 Å². The molecule has 0 saturated heterocycles. The Morgan fingerprint density at radius 3 is 2.64 bits per heavy atom. The molecule has 78 valence electrons. The van der Waals surface area contributed by atoms with Gasteiger partial charge in [-0.05, 0) is 30.9 Å². The van der Waals surface area contributed by atoms with Gasteiger partial charge in [-0.1, -0.05) is 37.6 Å². The molecule has 0 spiro atoms. The van der Waals surface area contributed by atoms with Crippen LogP contribution in [-0.4, -0.2) is 6.04 Å². The van der Waals surface area contributed by atoms with Gasteiger partial charge >= 0.3 is 0 Å². The topological polar surface area (TPSA) is 38.0 Å². The predicted octanol–water partition coefficient (Wildman–Crippen LogP) is 2.17. The monoisotopic (exact) mass is 192 g/mol. The SMILES string of the molecule is CCCC(Cc1ccccc1C)NN. The Kier molecular flexibility index (Phi) is 4.63. The Bertz CT molecular complexity index is 271. The summed E-state index contributed by atoms with van der Waals surface area (Å²) in [4.78, 5) is 0. The minimum atomic E-state index is 0.404. The Hall–Kier alpha value is -0.860. The third-order valence-electron chi connectivity index (χ3n) is 2.60. The molecule has 2 nitrogen and oxygen atoms in total. The lowest BCUT2D eigenvalue weighted by Crippen LogP contribution is -2.36. The molecule has 1 rings (SSSR count). The standard InChI is InChI=1S/C12H20N2/c1-3-6-12(14-13)9-11-8-5-4-7-10(11)2/h4-5,7-8,12,14H,3,6,9,13H2,1-2H3. The first-order valence-electron chi connectivity index (χ1n) is 5.28. The maximum absolute atomic E-state index is 5.51. The van der Waals surface area contributed by atoms with Gasteiger partial charge in [0.2, 0.25) is 0 Å². The minimum Gasteiger partial charge on any atom is -0.271 e. The fourth-order valence-corrected chi connectivity index (χ4v) is 1.70. The second-order valence-corrected chi connectivity index (χ2v) is 3.78. The molecule has 1 atom stereocenters. The molecule has 0 radical (unpaired) electrons. The van der Waals surface area contributed by atoms with Gasteiger partial charge in [-0.3, -0.25) is 11.3 Å². The minimum absolute atomic E-state index is 0.404. The highest BCUT2D eigenvalue weighted by Gasteiger charge is 2.07. The zero-order valence-electron chi connectivity index (χ0n) is 9.09. The van der Waals surface area contributed by atoms with Crippen LogP contribution in [0.25, 0.3) is 0 Å². The summed E-state index contributed by atoms with van der Waals surface area (Å²) in [6.07, 6.45) is 3.32. The van der Waals surface area contributed by atoms with Gasteiger partial charge in [0.15, 0.2) is 0 Å². The molecule has 0 aliphatic rings. The van der Waals surface area contributed by atoms with Crippen LogP contribution < -0.4 is 11.3 Å². The smallest absolute Gasteiger partial charge is 0.0250 e. The van der Waals surface area contributed by atoms with Crippen molar-refractivity contribution in [3.05, 3.63) is 35.4 Å². The summed E-state index contributed by atoms with van der Waals surface area (Å²) >= 11 is 0. The van der Waals surface area contributed by atoms with E-state index in [0.717, 1.165) is 12.8 Å². The first kappa shape index (κ1) is 11.2. The van der Waals surface area contributed by atoms with Gasteiger partial charge in [-0.25, -0.2) is 0 Å². The van der Waals surface area contributed by atoms with Crippen molar-refractivity contribution in [3.8, 4) is 0 Å². The fraction of sp³-hybridized carbons (Fsp3) is 0.500. The molecule has 0 fully saturated rings. The number of hydrogen-bond acceptors (Lipinski definition) is 2. The van der Waals surface area contributed by atoms with E-state index in [4.69, 9.17) is 5.84 Å². The second kappa shape index (κ2) is 5.78. The highest BCUT2D eigenvalue weighted by atomic mass is 15.2. The predicted molar refractivity (Wildman–Crippen MR) is 60.9 cm³/mol. The van der Waals surface area contributed by atoms with Crippen LogP contribution >= 0.6 is 0 Å². The van der Waals surface area contributed by atoms with Crippen LogP contribution in [-0.2, 0) is 6.42 Å². The number of nitrogens with two attached hydrogens (primary N) is 1. The Balaban J connectivity index is 2.62. The lowest BCUT2D eigenvalue weighted by atomic mass is 9.99. The fourth-order valence-electron chi connectivity index (χ4n) is 1.70. The molecule has 0 aliphatic heterocycles. The van der Waals surface area contributed by atoms with Crippen LogP contribution in [0.3, 0.4) is 0 Å². The lowest BCUT2D eigenvalue weighted by molar-refractivity contribution is 0.485. The van der Waals surface area contributed by atoms with E-state index in [1.54, 1.807) is 0 Å². The number of hydrazine groups is 1. The van der Waals surface area contributed by atoms with E-state index in [2.05, 4.69) is 43.5 Å². The molecular weight excluding hydrogens is 172 g/mol. The number of benzene rings is 1. The van der Waals surface area contributed by atoms with E-state index in [9.17, 15) is 0 Å². The maximum Gasteiger partial charge on any atom is 0.0250 e. The molecule has 0 aromatic heterocycles. The molecular formula is C12H20N2. The highest BCUT2D eigenvalue weighted by molar-refractivity contribution is 5.26. The van der Waals surface area contributed by atoms with Crippen molar-refractivity contribution < 1.29 is 0 Å². The van der Waals surface area contributed by atoms with Crippen LogP contribution in [0, 0.1) is 6.92 Å². The van der Waals surface area contributed by atoms with Gasteiger partial charge in [-0.2, -0.15) is 0 Å². The second-order valence-electron chi connectivity index (χ2n) is 3.78. The van der Waals surface area contributed by atoms with Crippen molar-refractivity contribution >= 4 is 0 Å². The van der Waals surface area contributed by atoms with Crippen molar-refractivity contribution in [2.45, 2.75) is 39.2 Å². The molecule has 0 heterocycles. The molecule has 0 amide bonds. The summed E-state index contributed by atoms with van der Waals surface area (Å²) in [7, 11) is 0. The molecule has 3 N–H and O–H groups in total. The van der Waals surface area contributed by atoms with Gasteiger partial charge in [0.05, 0.1) is 0 Å². The van der Waals surface area contributed by atoms with Crippen molar-refractivity contribution in [1.82, 2.24) is 5.43 Å². The third kappa shape index (κ3) is 3.13. The number of hydrogen-bond donors (Lipinski definition) is 2. The maximum atomic E-state index is 5.51. The van der Waals surface area contributed by atoms with Crippen molar-refractivity contribution in [2.24, 2.45) is 5.84 Å². The first-order valence-corrected chi connectivity index (χ1v) is 5.28. The summed E-state index contributed by atoms with van der Waals surface area (Å²) in [5.74, 6) is 5.51. The van der Waals surface area contributed by atoms with Crippen molar-refractivity contribution in [3.63, 3.8) is 0 Å². The molecule has 1 aromatic carbocycles. The lowest BCUT2D eigenvalue weighted by Gasteiger charge is -2.16. The van der Waals surface area contributed by atoms with E-state index < -0.39 is 0 Å². The van der Waals surface area contributed by atoms with Crippen LogP contribution in [0.5, 0.6) is 0 Å². The van der Waals surface area contributed by atoms with Gasteiger partial charge in [0.1, 0.15) is 0 Å². The average molecular weight is 192 g/mol. The average Bonchev–Trinajstić information content (AvgIpc) is 2.20. The summed E-state index contributed by atoms with van der Waals surface area (Å²) in [5.41, 5.74) is 5.62. The molecule has 0 aliphatic carbocycles. The number of aryl methyl sites for hydroxylation is 1. The molecule has 0 bridgehead atoms. The largest absolute Gasteiger partial charge is 0.271 e. The molecule has 1 unspecified atom stereocenters. The van der Waals surface area contributed by atoms with Crippen LogP contribution in [0.4, 0.5) is 0 Å². The van der Waals surface area contributed by atoms with Crippen molar-refractivity contribution in [2.75, 3.05) is 0 Å². The third-order valence-corrected chi connectivity index (χ3v) is 2.60. The van der Waals surface area contributed by atoms with E-state index in [1.165, 1.54) is 17.5 Å². The zero-order chi connectivity index (χ0) is 10.4. The van der Waals surface area contributed by atoms with Crippen LogP contribution in [0.15, 0.2) is 24.3 Å². The normalized spacial score (nSPS) is 12.8. The van der Waals surface area contributed by atoms with E-state index in [0.29, 0.717) is 6.04 Å². The molecule has 14 heavy (non-hydrogen) atoms. The van der Waals surface area contributed by atoms with Gasteiger partial charge in [0, 0.05) is 6.04 Å². The van der Waals surface area contributed by atoms with E-state index >= 15 is 0 Å². The van der Waals surface area contributed by atoms with Gasteiger partial charge in [-0.15, -0.1) is 0 Å². The van der Waals surface area contributed by atoms with Gasteiger partial charge in [0.25, 0.3) is 0 Å². The number of nitrogens with one attached hydrogen (secondary N) is 1. The zero-order valence-corrected chi connectivity index (χ0v) is 9.09. The van der Waals surface area contributed by atoms with Gasteiger partial charge < -0.3 is 0 Å². The quantitative estimate of drug-likeness (QED) is 0.554. The van der Waals surface area contributed by atoms with E-state index in [1.807, 2.05) is 0 Å². The molecule has 0 saturated carbocycles. The summed E-state index contributed by atoms with van der Waals surface area (Å²) in [5, 5.41) is 0. The van der Waals surface area contributed by atoms with Crippen LogP contribution in [0.2, 0.25) is 0 Å². The summed E-state index contributed by atoms with van der Waals surface area (Å²) in [6, 6.07) is 8.89. The van der Waals surface area contributed by atoms with E-state index in [-0.39, 0.29) is 0 Å². The first-order chi connectivity index (χ1) is 6.77. The molecule has 1 aromatic rings. The summed E-state index contributed by atoms with van der Waals surface area (Å²) < 4.78 is 0. The highest BCUT2D eigenvalue weighted by Crippen LogP contribution is 2.11. The summed E-state index contributed by atoms with van der Waals surface area (Å²) in [6.45, 7) is 4.33. The Morgan fingerprint density at radius 1 is 1.36 bits per heavy atom. The Labute approximate surface area is 86.5 Å².